The van der Waals surface area contributed by atoms with Gasteiger partial charge in [-0.15, -0.1) is 0 Å². The highest BCUT2D eigenvalue weighted by molar-refractivity contribution is 8.18. The minimum Gasteiger partial charge on any atom is -0.496 e. The third-order valence-electron chi connectivity index (χ3n) is 4.03. The van der Waals surface area contributed by atoms with E-state index >= 15 is 0 Å². The van der Waals surface area contributed by atoms with Gasteiger partial charge in [-0.05, 0) is 36.9 Å². The minimum absolute atomic E-state index is 0.0798. The standard InChI is InChI=1S/C19H16N2O8S/c1-3-28-17(22)10-20-18(23)16(30-19(20)24)9-12-5-7-15(29-12)13-8-11(21(25)26)4-6-14(13)27-2/h4-9H,3,10H2,1-2H3. The summed E-state index contributed by atoms with van der Waals surface area (Å²) in [6.45, 7) is 1.29. The fourth-order valence-electron chi connectivity index (χ4n) is 2.68. The van der Waals surface area contributed by atoms with Crippen molar-refractivity contribution in [2.45, 2.75) is 6.92 Å². The molecular weight excluding hydrogens is 416 g/mol. The molecule has 2 heterocycles. The Hall–Kier alpha value is -3.60. The minimum atomic E-state index is -0.681. The molecule has 1 aromatic carbocycles. The summed E-state index contributed by atoms with van der Waals surface area (Å²) in [5.41, 5.74) is 0.227. The highest BCUT2D eigenvalue weighted by Crippen LogP contribution is 2.36. The quantitative estimate of drug-likeness (QED) is 0.279. The third kappa shape index (κ3) is 4.35. The van der Waals surface area contributed by atoms with E-state index in [1.165, 1.54) is 31.4 Å². The summed E-state index contributed by atoms with van der Waals surface area (Å²) in [6.07, 6.45) is 1.36. The number of benzene rings is 1. The molecule has 2 amide bonds. The van der Waals surface area contributed by atoms with Crippen LogP contribution >= 0.6 is 11.8 Å². The number of carbonyl (C=O) groups is 3. The molecule has 0 saturated carbocycles. The summed E-state index contributed by atoms with van der Waals surface area (Å²) < 4.78 is 15.7. The normalized spacial score (nSPS) is 15.0. The van der Waals surface area contributed by atoms with Gasteiger partial charge in [-0.1, -0.05) is 0 Å². The molecule has 1 aliphatic heterocycles. The summed E-state index contributed by atoms with van der Waals surface area (Å²) in [5, 5.41) is 10.5. The van der Waals surface area contributed by atoms with Crippen molar-refractivity contribution >= 4 is 40.6 Å². The molecule has 2 aromatic rings. The van der Waals surface area contributed by atoms with E-state index in [1.54, 1.807) is 19.1 Å². The molecule has 156 valence electrons. The van der Waals surface area contributed by atoms with Crippen LogP contribution in [0.1, 0.15) is 12.7 Å². The molecular formula is C19H16N2O8S. The van der Waals surface area contributed by atoms with Crippen LogP contribution in [0.25, 0.3) is 17.4 Å². The first-order valence-corrected chi connectivity index (χ1v) is 9.49. The summed E-state index contributed by atoms with van der Waals surface area (Å²) in [6, 6.07) is 7.19. The van der Waals surface area contributed by atoms with E-state index in [1.807, 2.05) is 0 Å². The number of esters is 1. The average Bonchev–Trinajstić information content (AvgIpc) is 3.28. The summed E-state index contributed by atoms with van der Waals surface area (Å²) in [4.78, 5) is 47.4. The Morgan fingerprint density at radius 1 is 1.30 bits per heavy atom. The Morgan fingerprint density at radius 2 is 2.07 bits per heavy atom. The first-order chi connectivity index (χ1) is 14.3. The van der Waals surface area contributed by atoms with Gasteiger partial charge in [0, 0.05) is 18.2 Å². The predicted octanol–water partition coefficient (Wildman–Crippen LogP) is 3.46. The summed E-state index contributed by atoms with van der Waals surface area (Å²) in [5.74, 6) is -0.410. The van der Waals surface area contributed by atoms with Crippen LogP contribution in [0.4, 0.5) is 10.5 Å². The Balaban J connectivity index is 1.85. The van der Waals surface area contributed by atoms with Gasteiger partial charge in [0.2, 0.25) is 0 Å². The van der Waals surface area contributed by atoms with E-state index in [-0.39, 0.29) is 28.7 Å². The molecule has 0 unspecified atom stereocenters. The van der Waals surface area contributed by atoms with Crippen LogP contribution in [0.3, 0.4) is 0 Å². The van der Waals surface area contributed by atoms with Crippen molar-refractivity contribution in [3.05, 3.63) is 51.1 Å². The number of nitro benzene ring substituents is 1. The highest BCUT2D eigenvalue weighted by atomic mass is 32.2. The van der Waals surface area contributed by atoms with Crippen molar-refractivity contribution in [2.75, 3.05) is 20.3 Å². The van der Waals surface area contributed by atoms with Gasteiger partial charge >= 0.3 is 5.97 Å². The molecule has 10 nitrogen and oxygen atoms in total. The van der Waals surface area contributed by atoms with Crippen LogP contribution < -0.4 is 4.74 Å². The number of methoxy groups -OCH3 is 1. The predicted molar refractivity (Wildman–Crippen MR) is 107 cm³/mol. The van der Waals surface area contributed by atoms with Gasteiger partial charge in [-0.2, -0.15) is 0 Å². The van der Waals surface area contributed by atoms with E-state index in [4.69, 9.17) is 13.9 Å². The molecule has 0 N–H and O–H groups in total. The number of carbonyl (C=O) groups excluding carboxylic acids is 3. The van der Waals surface area contributed by atoms with Crippen molar-refractivity contribution in [1.29, 1.82) is 0 Å². The maximum atomic E-state index is 12.4. The van der Waals surface area contributed by atoms with Crippen molar-refractivity contribution in [3.63, 3.8) is 0 Å². The maximum Gasteiger partial charge on any atom is 0.326 e. The number of furan rings is 1. The van der Waals surface area contributed by atoms with E-state index in [0.29, 0.717) is 23.1 Å². The molecule has 0 spiro atoms. The van der Waals surface area contributed by atoms with Crippen LogP contribution in [-0.4, -0.2) is 47.2 Å². The number of rotatable bonds is 7. The number of thioether (sulfide) groups is 1. The van der Waals surface area contributed by atoms with Gasteiger partial charge in [0.25, 0.3) is 16.8 Å². The van der Waals surface area contributed by atoms with Crippen LogP contribution in [0.15, 0.2) is 39.7 Å². The van der Waals surface area contributed by atoms with Crippen molar-refractivity contribution in [1.82, 2.24) is 4.90 Å². The lowest BCUT2D eigenvalue weighted by molar-refractivity contribution is -0.384. The Labute approximate surface area is 174 Å². The molecule has 3 rings (SSSR count). The van der Waals surface area contributed by atoms with Crippen LogP contribution in [0, 0.1) is 10.1 Å². The van der Waals surface area contributed by atoms with Gasteiger partial charge in [0.1, 0.15) is 23.8 Å². The molecule has 0 atom stereocenters. The summed E-state index contributed by atoms with van der Waals surface area (Å²) in [7, 11) is 1.42. The van der Waals surface area contributed by atoms with E-state index in [0.717, 1.165) is 4.90 Å². The third-order valence-corrected chi connectivity index (χ3v) is 4.93. The van der Waals surface area contributed by atoms with Crippen molar-refractivity contribution in [2.24, 2.45) is 0 Å². The summed E-state index contributed by atoms with van der Waals surface area (Å²) >= 11 is 0.673. The van der Waals surface area contributed by atoms with Gasteiger partial charge < -0.3 is 13.9 Å². The number of hydrogen-bond donors (Lipinski definition) is 0. The lowest BCUT2D eigenvalue weighted by Gasteiger charge is -2.10. The molecule has 0 bridgehead atoms. The molecule has 1 fully saturated rings. The second-order valence-corrected chi connectivity index (χ2v) is 6.91. The number of nitrogens with zero attached hydrogens (tertiary/aromatic N) is 2. The monoisotopic (exact) mass is 432 g/mol. The Kier molecular flexibility index (Phi) is 6.21. The van der Waals surface area contributed by atoms with Crippen LogP contribution in [-0.2, 0) is 14.3 Å². The number of ether oxygens (including phenoxy) is 2. The number of nitro groups is 1. The smallest absolute Gasteiger partial charge is 0.326 e. The van der Waals surface area contributed by atoms with Crippen molar-refractivity contribution in [3.8, 4) is 17.1 Å². The second kappa shape index (κ2) is 8.82. The zero-order chi connectivity index (χ0) is 21.8. The molecule has 0 aliphatic carbocycles. The Bertz CT molecular complexity index is 1060. The molecule has 1 aromatic heterocycles. The van der Waals surface area contributed by atoms with E-state index in [2.05, 4.69) is 0 Å². The molecule has 30 heavy (non-hydrogen) atoms. The van der Waals surface area contributed by atoms with Gasteiger partial charge in [0.05, 0.1) is 29.1 Å². The topological polar surface area (TPSA) is 129 Å². The van der Waals surface area contributed by atoms with Gasteiger partial charge in [-0.3, -0.25) is 29.4 Å². The largest absolute Gasteiger partial charge is 0.496 e. The molecule has 0 radical (unpaired) electrons. The number of non-ortho nitro benzene ring substituents is 1. The molecule has 11 heteroatoms. The second-order valence-electron chi connectivity index (χ2n) is 5.92. The lowest BCUT2D eigenvalue weighted by Crippen LogP contribution is -2.34. The number of amides is 2. The van der Waals surface area contributed by atoms with Crippen LogP contribution in [0.5, 0.6) is 5.75 Å². The zero-order valence-electron chi connectivity index (χ0n) is 15.9. The number of imide groups is 1. The number of hydrogen-bond acceptors (Lipinski definition) is 9. The van der Waals surface area contributed by atoms with E-state index < -0.39 is 28.6 Å². The molecule has 1 saturated heterocycles. The molecule has 1 aliphatic rings. The van der Waals surface area contributed by atoms with E-state index in [9.17, 15) is 24.5 Å². The first-order valence-electron chi connectivity index (χ1n) is 8.67. The zero-order valence-corrected chi connectivity index (χ0v) is 16.8. The highest BCUT2D eigenvalue weighted by Gasteiger charge is 2.36. The van der Waals surface area contributed by atoms with Gasteiger partial charge in [-0.25, -0.2) is 0 Å². The van der Waals surface area contributed by atoms with Crippen LogP contribution in [0.2, 0.25) is 0 Å². The fourth-order valence-corrected chi connectivity index (χ4v) is 3.50. The maximum absolute atomic E-state index is 12.4. The first kappa shape index (κ1) is 21.1. The fraction of sp³-hybridized carbons (Fsp3) is 0.211. The average molecular weight is 432 g/mol. The van der Waals surface area contributed by atoms with Gasteiger partial charge in [0.15, 0.2) is 0 Å². The lowest BCUT2D eigenvalue weighted by atomic mass is 10.1. The SMILES string of the molecule is CCOC(=O)CN1C(=O)SC(=Cc2ccc(-c3cc([N+](=O)[O-])ccc3OC)o2)C1=O. The Morgan fingerprint density at radius 3 is 2.73 bits per heavy atom. The van der Waals surface area contributed by atoms with Crippen molar-refractivity contribution < 1.29 is 33.2 Å².